The lowest BCUT2D eigenvalue weighted by atomic mass is 9.49. The number of hydrogen-bond donors (Lipinski definition) is 1. The van der Waals surface area contributed by atoms with Crippen molar-refractivity contribution in [3.63, 3.8) is 0 Å². The molecule has 4 bridgehead atoms. The highest BCUT2D eigenvalue weighted by Crippen LogP contribution is 2.60. The Morgan fingerprint density at radius 2 is 1.57 bits per heavy atom. The van der Waals surface area contributed by atoms with E-state index in [-0.39, 0.29) is 5.41 Å². The summed E-state index contributed by atoms with van der Waals surface area (Å²) in [6.07, 6.45) is 8.86. The zero-order chi connectivity index (χ0) is 14.9. The van der Waals surface area contributed by atoms with Gasteiger partial charge in [0.2, 0.25) is 5.91 Å². The molecule has 3 nitrogen and oxygen atoms in total. The van der Waals surface area contributed by atoms with E-state index in [1.54, 1.807) is 0 Å². The Hall–Kier alpha value is -0.570. The fraction of sp³-hybridized carbons (Fsp3) is 0.944. The van der Waals surface area contributed by atoms with Crippen LogP contribution in [0, 0.1) is 23.2 Å². The molecule has 0 aromatic rings. The lowest BCUT2D eigenvalue weighted by Crippen LogP contribution is -2.53. The molecule has 4 rings (SSSR count). The summed E-state index contributed by atoms with van der Waals surface area (Å²) in [5, 5.41) is 3.28. The van der Waals surface area contributed by atoms with Gasteiger partial charge in [-0.15, -0.1) is 0 Å². The predicted molar refractivity (Wildman–Crippen MR) is 86.0 cm³/mol. The largest absolute Gasteiger partial charge is 0.356 e. The third kappa shape index (κ3) is 3.13. The van der Waals surface area contributed by atoms with E-state index in [0.717, 1.165) is 50.4 Å². The average molecular weight is 292 g/mol. The number of nitrogens with zero attached hydrogens (tertiary/aromatic N) is 1. The molecule has 1 N–H and O–H groups in total. The highest BCUT2D eigenvalue weighted by Gasteiger charge is 2.54. The standard InChI is InChI=1S/C18H32N2O/c1-3-20(4-2)7-5-6-19-17(21)18-11-14-8-15(12-18)10-16(9-14)13-18/h14-16H,3-13H2,1-2H3,(H,19,21). The molecule has 1 amide bonds. The second-order valence-electron chi connectivity index (χ2n) is 7.83. The van der Waals surface area contributed by atoms with Crippen LogP contribution in [-0.4, -0.2) is 37.0 Å². The van der Waals surface area contributed by atoms with Gasteiger partial charge in [-0.1, -0.05) is 13.8 Å². The molecule has 0 spiro atoms. The van der Waals surface area contributed by atoms with E-state index in [4.69, 9.17) is 0 Å². The fourth-order valence-corrected chi connectivity index (χ4v) is 5.62. The van der Waals surface area contributed by atoms with E-state index in [2.05, 4.69) is 24.1 Å². The van der Waals surface area contributed by atoms with Gasteiger partial charge in [0.05, 0.1) is 0 Å². The topological polar surface area (TPSA) is 32.3 Å². The van der Waals surface area contributed by atoms with Crippen molar-refractivity contribution in [1.29, 1.82) is 0 Å². The van der Waals surface area contributed by atoms with Crippen LogP contribution in [0.25, 0.3) is 0 Å². The first-order valence-electron chi connectivity index (χ1n) is 9.16. The molecule has 4 aliphatic rings. The molecule has 0 atom stereocenters. The molecule has 4 aliphatic carbocycles. The molecule has 0 aromatic heterocycles. The molecule has 3 heteroatoms. The Morgan fingerprint density at radius 1 is 1.05 bits per heavy atom. The van der Waals surface area contributed by atoms with E-state index in [1.807, 2.05) is 0 Å². The predicted octanol–water partition coefficient (Wildman–Crippen LogP) is 3.05. The summed E-state index contributed by atoms with van der Waals surface area (Å²) < 4.78 is 0. The van der Waals surface area contributed by atoms with Gasteiger partial charge in [-0.3, -0.25) is 4.79 Å². The summed E-state index contributed by atoms with van der Waals surface area (Å²) in [7, 11) is 0. The number of hydrogen-bond acceptors (Lipinski definition) is 2. The van der Waals surface area contributed by atoms with E-state index in [1.165, 1.54) is 38.5 Å². The molecule has 0 aliphatic heterocycles. The number of nitrogens with one attached hydrogen (secondary N) is 1. The van der Waals surface area contributed by atoms with E-state index in [0.29, 0.717) is 5.91 Å². The fourth-order valence-electron chi connectivity index (χ4n) is 5.62. The van der Waals surface area contributed by atoms with Gasteiger partial charge < -0.3 is 10.2 Å². The minimum Gasteiger partial charge on any atom is -0.356 e. The highest BCUT2D eigenvalue weighted by atomic mass is 16.2. The molecule has 4 saturated carbocycles. The van der Waals surface area contributed by atoms with Gasteiger partial charge in [-0.2, -0.15) is 0 Å². The van der Waals surface area contributed by atoms with Crippen molar-refractivity contribution in [2.75, 3.05) is 26.2 Å². The van der Waals surface area contributed by atoms with Gasteiger partial charge in [0, 0.05) is 12.0 Å². The molecule has 120 valence electrons. The first-order chi connectivity index (χ1) is 10.1. The van der Waals surface area contributed by atoms with Crippen LogP contribution in [0.3, 0.4) is 0 Å². The summed E-state index contributed by atoms with van der Waals surface area (Å²) in [6.45, 7) is 8.60. The summed E-state index contributed by atoms with van der Waals surface area (Å²) in [5.74, 6) is 2.97. The van der Waals surface area contributed by atoms with Crippen LogP contribution in [0.15, 0.2) is 0 Å². The maximum Gasteiger partial charge on any atom is 0.226 e. The van der Waals surface area contributed by atoms with Gasteiger partial charge in [-0.25, -0.2) is 0 Å². The van der Waals surface area contributed by atoms with Crippen molar-refractivity contribution in [3.8, 4) is 0 Å². The third-order valence-electron chi connectivity index (χ3n) is 6.35. The molecular weight excluding hydrogens is 260 g/mol. The molecule has 0 radical (unpaired) electrons. The highest BCUT2D eigenvalue weighted by molar-refractivity contribution is 5.83. The van der Waals surface area contributed by atoms with Crippen molar-refractivity contribution >= 4 is 5.91 Å². The number of amides is 1. The van der Waals surface area contributed by atoms with Gasteiger partial charge in [-0.05, 0) is 82.3 Å². The normalized spacial score (nSPS) is 37.2. The third-order valence-corrected chi connectivity index (χ3v) is 6.35. The second kappa shape index (κ2) is 6.28. The van der Waals surface area contributed by atoms with Crippen molar-refractivity contribution in [2.24, 2.45) is 23.2 Å². The quantitative estimate of drug-likeness (QED) is 0.732. The van der Waals surface area contributed by atoms with E-state index >= 15 is 0 Å². The molecular formula is C18H32N2O. The minimum absolute atomic E-state index is 0.0317. The van der Waals surface area contributed by atoms with Crippen LogP contribution in [0.2, 0.25) is 0 Å². The first kappa shape index (κ1) is 15.3. The second-order valence-corrected chi connectivity index (χ2v) is 7.83. The van der Waals surface area contributed by atoms with Crippen LogP contribution in [-0.2, 0) is 4.79 Å². The summed E-state index contributed by atoms with van der Waals surface area (Å²) in [6, 6.07) is 0. The summed E-state index contributed by atoms with van der Waals surface area (Å²) >= 11 is 0. The zero-order valence-electron chi connectivity index (χ0n) is 13.9. The molecule has 21 heavy (non-hydrogen) atoms. The summed E-state index contributed by atoms with van der Waals surface area (Å²) in [4.78, 5) is 15.2. The van der Waals surface area contributed by atoms with Crippen molar-refractivity contribution in [3.05, 3.63) is 0 Å². The van der Waals surface area contributed by atoms with Crippen molar-refractivity contribution < 1.29 is 4.79 Å². The molecule has 0 unspecified atom stereocenters. The minimum atomic E-state index is 0.0317. The van der Waals surface area contributed by atoms with Gasteiger partial charge in [0.15, 0.2) is 0 Å². The maximum atomic E-state index is 12.8. The Balaban J connectivity index is 1.47. The Labute approximate surface area is 129 Å². The van der Waals surface area contributed by atoms with Crippen LogP contribution in [0.5, 0.6) is 0 Å². The SMILES string of the molecule is CCN(CC)CCCNC(=O)C12CC3CC(CC(C3)C1)C2. The molecule has 0 aromatic carbocycles. The van der Waals surface area contributed by atoms with Crippen molar-refractivity contribution in [2.45, 2.75) is 58.8 Å². The lowest BCUT2D eigenvalue weighted by Gasteiger charge is -2.55. The van der Waals surface area contributed by atoms with Gasteiger partial charge in [0.1, 0.15) is 0 Å². The molecule has 0 heterocycles. The van der Waals surface area contributed by atoms with Crippen LogP contribution in [0.4, 0.5) is 0 Å². The summed E-state index contributed by atoms with van der Waals surface area (Å²) in [5.41, 5.74) is 0.0317. The van der Waals surface area contributed by atoms with Crippen molar-refractivity contribution in [1.82, 2.24) is 10.2 Å². The smallest absolute Gasteiger partial charge is 0.226 e. The number of rotatable bonds is 7. The Kier molecular flexibility index (Phi) is 4.58. The van der Waals surface area contributed by atoms with Crippen LogP contribution < -0.4 is 5.32 Å². The number of carbonyl (C=O) groups excluding carboxylic acids is 1. The first-order valence-corrected chi connectivity index (χ1v) is 9.16. The lowest BCUT2D eigenvalue weighted by molar-refractivity contribution is -0.146. The Morgan fingerprint density at radius 3 is 2.05 bits per heavy atom. The van der Waals surface area contributed by atoms with E-state index < -0.39 is 0 Å². The zero-order valence-corrected chi connectivity index (χ0v) is 13.9. The molecule has 4 fully saturated rings. The van der Waals surface area contributed by atoms with Crippen LogP contribution >= 0.6 is 0 Å². The van der Waals surface area contributed by atoms with Gasteiger partial charge >= 0.3 is 0 Å². The Bertz CT molecular complexity index is 340. The molecule has 0 saturated heterocycles. The maximum absolute atomic E-state index is 12.8. The van der Waals surface area contributed by atoms with Gasteiger partial charge in [0.25, 0.3) is 0 Å². The number of carbonyl (C=O) groups is 1. The average Bonchev–Trinajstić information content (AvgIpc) is 2.46. The monoisotopic (exact) mass is 292 g/mol. The van der Waals surface area contributed by atoms with E-state index in [9.17, 15) is 4.79 Å². The van der Waals surface area contributed by atoms with Crippen LogP contribution in [0.1, 0.15) is 58.8 Å².